The zero-order valence-electron chi connectivity index (χ0n) is 7.17. The first-order chi connectivity index (χ1) is 5.97. The fourth-order valence-electron chi connectivity index (χ4n) is 0.819. The molecule has 1 heterocycles. The monoisotopic (exact) mass is 215 g/mol. The number of halogens is 2. The van der Waals surface area contributed by atoms with Crippen molar-refractivity contribution in [2.45, 2.75) is 19.3 Å². The van der Waals surface area contributed by atoms with Crippen LogP contribution >= 0.6 is 23.2 Å². The molecule has 1 aromatic heterocycles. The van der Waals surface area contributed by atoms with Crippen molar-refractivity contribution in [3.05, 3.63) is 22.2 Å². The summed E-state index contributed by atoms with van der Waals surface area (Å²) in [6, 6.07) is 2.09. The molecule has 0 aliphatic rings. The van der Waals surface area contributed by atoms with Crippen LogP contribution < -0.4 is 0 Å². The molecule has 0 atom stereocenters. The van der Waals surface area contributed by atoms with E-state index in [4.69, 9.17) is 28.5 Å². The van der Waals surface area contributed by atoms with E-state index in [1.165, 1.54) is 6.20 Å². The predicted molar refractivity (Wildman–Crippen MR) is 50.7 cm³/mol. The zero-order valence-corrected chi connectivity index (χ0v) is 8.69. The quantitative estimate of drug-likeness (QED) is 0.724. The molecule has 0 fully saturated rings. The summed E-state index contributed by atoms with van der Waals surface area (Å²) in [5, 5.41) is 9.24. The lowest BCUT2D eigenvalue weighted by Gasteiger charge is -2.14. The lowest BCUT2D eigenvalue weighted by Crippen LogP contribution is -2.17. The Kier molecular flexibility index (Phi) is 2.74. The Bertz CT molecular complexity index is 368. The van der Waals surface area contributed by atoms with Gasteiger partial charge in [0.05, 0.1) is 23.4 Å². The van der Waals surface area contributed by atoms with Crippen molar-refractivity contribution in [3.63, 3.8) is 0 Å². The molecule has 0 spiro atoms. The molecule has 0 bridgehead atoms. The number of rotatable bonds is 1. The standard InChI is InChI=1S/C8H7Cl2N3/c1-8(2,4-11)6-7(10)13-5(9)3-12-6/h3H,1-2H3. The average Bonchev–Trinajstić information content (AvgIpc) is 2.03. The highest BCUT2D eigenvalue weighted by Crippen LogP contribution is 2.26. The molecule has 0 amide bonds. The van der Waals surface area contributed by atoms with Crippen LogP contribution in [0.4, 0.5) is 0 Å². The molecular weight excluding hydrogens is 209 g/mol. The highest BCUT2D eigenvalue weighted by molar-refractivity contribution is 6.32. The van der Waals surface area contributed by atoms with Crippen LogP contribution in [0.2, 0.25) is 10.3 Å². The minimum atomic E-state index is -0.741. The summed E-state index contributed by atoms with van der Waals surface area (Å²) >= 11 is 11.4. The van der Waals surface area contributed by atoms with Crippen LogP contribution in [0.1, 0.15) is 19.5 Å². The van der Waals surface area contributed by atoms with Crippen LogP contribution in [-0.2, 0) is 5.41 Å². The second kappa shape index (κ2) is 3.49. The van der Waals surface area contributed by atoms with Crippen LogP contribution in [0.25, 0.3) is 0 Å². The molecule has 0 aromatic carbocycles. The van der Waals surface area contributed by atoms with Crippen LogP contribution in [0.15, 0.2) is 6.20 Å². The van der Waals surface area contributed by atoms with Gasteiger partial charge in [-0.05, 0) is 13.8 Å². The highest BCUT2D eigenvalue weighted by atomic mass is 35.5. The number of hydrogen-bond acceptors (Lipinski definition) is 3. The van der Waals surface area contributed by atoms with Crippen LogP contribution in [0.3, 0.4) is 0 Å². The average molecular weight is 216 g/mol. The van der Waals surface area contributed by atoms with Gasteiger partial charge < -0.3 is 0 Å². The molecule has 0 unspecified atom stereocenters. The minimum absolute atomic E-state index is 0.180. The summed E-state index contributed by atoms with van der Waals surface area (Å²) in [4.78, 5) is 7.78. The Morgan fingerprint density at radius 1 is 1.46 bits per heavy atom. The van der Waals surface area contributed by atoms with Crippen LogP contribution in [0, 0.1) is 11.3 Å². The van der Waals surface area contributed by atoms with Gasteiger partial charge in [-0.3, -0.25) is 4.98 Å². The van der Waals surface area contributed by atoms with E-state index in [1.807, 2.05) is 0 Å². The normalized spacial score (nSPS) is 11.0. The number of aromatic nitrogens is 2. The van der Waals surface area contributed by atoms with E-state index in [-0.39, 0.29) is 10.3 Å². The largest absolute Gasteiger partial charge is 0.253 e. The fraction of sp³-hybridized carbons (Fsp3) is 0.375. The maximum Gasteiger partial charge on any atom is 0.153 e. The molecule has 0 saturated carbocycles. The number of nitriles is 1. The van der Waals surface area contributed by atoms with Gasteiger partial charge in [0.1, 0.15) is 5.15 Å². The SMILES string of the molecule is CC(C)(C#N)c1ncc(Cl)nc1Cl. The van der Waals surface area contributed by atoms with Gasteiger partial charge in [0, 0.05) is 0 Å². The lowest BCUT2D eigenvalue weighted by atomic mass is 9.92. The summed E-state index contributed by atoms with van der Waals surface area (Å²) < 4.78 is 0. The van der Waals surface area contributed by atoms with Crippen LogP contribution in [0.5, 0.6) is 0 Å². The smallest absolute Gasteiger partial charge is 0.153 e. The van der Waals surface area contributed by atoms with E-state index < -0.39 is 5.41 Å². The number of nitrogens with zero attached hydrogens (tertiary/aromatic N) is 3. The van der Waals surface area contributed by atoms with Gasteiger partial charge >= 0.3 is 0 Å². The van der Waals surface area contributed by atoms with Crippen molar-refractivity contribution >= 4 is 23.2 Å². The van der Waals surface area contributed by atoms with E-state index in [0.29, 0.717) is 5.69 Å². The Labute approximate surface area is 86.3 Å². The van der Waals surface area contributed by atoms with E-state index in [2.05, 4.69) is 16.0 Å². The molecule has 3 nitrogen and oxygen atoms in total. The molecule has 0 saturated heterocycles. The van der Waals surface area contributed by atoms with Gasteiger partial charge in [-0.25, -0.2) is 4.98 Å². The maximum absolute atomic E-state index is 8.83. The number of hydrogen-bond donors (Lipinski definition) is 0. The Morgan fingerprint density at radius 3 is 2.54 bits per heavy atom. The molecule has 0 aliphatic heterocycles. The summed E-state index contributed by atoms with van der Waals surface area (Å²) in [6.07, 6.45) is 1.38. The minimum Gasteiger partial charge on any atom is -0.253 e. The van der Waals surface area contributed by atoms with Gasteiger partial charge in [-0.1, -0.05) is 23.2 Å². The predicted octanol–water partition coefficient (Wildman–Crippen LogP) is 2.58. The Hall–Kier alpha value is -0.850. The third-order valence-electron chi connectivity index (χ3n) is 1.57. The van der Waals surface area contributed by atoms with E-state index in [9.17, 15) is 0 Å². The van der Waals surface area contributed by atoms with Gasteiger partial charge in [0.15, 0.2) is 5.15 Å². The van der Waals surface area contributed by atoms with Crippen molar-refractivity contribution in [1.82, 2.24) is 9.97 Å². The van der Waals surface area contributed by atoms with Crippen molar-refractivity contribution in [2.24, 2.45) is 0 Å². The molecule has 13 heavy (non-hydrogen) atoms. The molecular formula is C8H7Cl2N3. The van der Waals surface area contributed by atoms with Crippen molar-refractivity contribution < 1.29 is 0 Å². The van der Waals surface area contributed by atoms with Crippen molar-refractivity contribution in [3.8, 4) is 6.07 Å². The Balaban J connectivity index is 3.26. The summed E-state index contributed by atoms with van der Waals surface area (Å²) in [6.45, 7) is 3.44. The third kappa shape index (κ3) is 2.09. The topological polar surface area (TPSA) is 49.6 Å². The molecule has 68 valence electrons. The van der Waals surface area contributed by atoms with E-state index in [0.717, 1.165) is 0 Å². The first kappa shape index (κ1) is 10.2. The summed E-state index contributed by atoms with van der Waals surface area (Å²) in [7, 11) is 0. The highest BCUT2D eigenvalue weighted by Gasteiger charge is 2.25. The van der Waals surface area contributed by atoms with Crippen molar-refractivity contribution in [2.75, 3.05) is 0 Å². The van der Waals surface area contributed by atoms with Gasteiger partial charge in [-0.15, -0.1) is 0 Å². The maximum atomic E-state index is 8.83. The summed E-state index contributed by atoms with van der Waals surface area (Å²) in [5.74, 6) is 0. The summed E-state index contributed by atoms with van der Waals surface area (Å²) in [5.41, 5.74) is -0.296. The van der Waals surface area contributed by atoms with Crippen LogP contribution in [-0.4, -0.2) is 9.97 Å². The van der Waals surface area contributed by atoms with Gasteiger partial charge in [-0.2, -0.15) is 5.26 Å². The molecule has 1 aromatic rings. The van der Waals surface area contributed by atoms with E-state index in [1.54, 1.807) is 13.8 Å². The lowest BCUT2D eigenvalue weighted by molar-refractivity contribution is 0.655. The molecule has 0 N–H and O–H groups in total. The van der Waals surface area contributed by atoms with Crippen molar-refractivity contribution in [1.29, 1.82) is 5.26 Å². The Morgan fingerprint density at radius 2 is 2.08 bits per heavy atom. The fourth-order valence-corrected chi connectivity index (χ4v) is 1.37. The molecule has 0 aliphatic carbocycles. The second-order valence-corrected chi connectivity index (χ2v) is 3.81. The molecule has 0 radical (unpaired) electrons. The van der Waals surface area contributed by atoms with Gasteiger partial charge in [0.2, 0.25) is 0 Å². The van der Waals surface area contributed by atoms with Gasteiger partial charge in [0.25, 0.3) is 0 Å². The first-order valence-corrected chi connectivity index (χ1v) is 4.33. The zero-order chi connectivity index (χ0) is 10.1. The first-order valence-electron chi connectivity index (χ1n) is 3.57. The molecule has 5 heteroatoms. The molecule has 1 rings (SSSR count). The third-order valence-corrected chi connectivity index (χ3v) is 2.02. The van der Waals surface area contributed by atoms with E-state index >= 15 is 0 Å². The second-order valence-electron chi connectivity index (χ2n) is 3.07.